The Hall–Kier alpha value is -2.16. The van der Waals surface area contributed by atoms with Crippen LogP contribution in [0, 0.1) is 0 Å². The average Bonchev–Trinajstić information content (AvgIpc) is 2.79. The highest BCUT2D eigenvalue weighted by Gasteiger charge is 2.11. The zero-order valence-corrected chi connectivity index (χ0v) is 19.3. The number of likely N-dealkylation sites (tertiary alicyclic amines) is 1. The van der Waals surface area contributed by atoms with E-state index in [0.29, 0.717) is 0 Å². The van der Waals surface area contributed by atoms with Crippen molar-refractivity contribution >= 4 is 0 Å². The number of allylic oxidation sites excluding steroid dienone is 1. The van der Waals surface area contributed by atoms with E-state index in [1.807, 2.05) is 7.05 Å². The fraction of sp³-hybridized carbons (Fsp3) is 0.556. The Balaban J connectivity index is 1.61. The molecule has 0 bridgehead atoms. The summed E-state index contributed by atoms with van der Waals surface area (Å²) in [5, 5.41) is 6.37. The van der Waals surface area contributed by atoms with E-state index in [1.54, 1.807) is 0 Å². The molecule has 0 unspecified atom stereocenters. The number of likely N-dealkylation sites (N-methyl/N-ethyl adjacent to an activating group) is 1. The molecule has 1 aliphatic heterocycles. The fourth-order valence-electron chi connectivity index (χ4n) is 4.17. The molecule has 1 heterocycles. The molecule has 3 nitrogen and oxygen atoms in total. The molecule has 0 amide bonds. The fourth-order valence-corrected chi connectivity index (χ4v) is 4.17. The van der Waals surface area contributed by atoms with Crippen LogP contribution in [0.4, 0.5) is 0 Å². The molecule has 1 aliphatic rings. The van der Waals surface area contributed by atoms with Crippen LogP contribution in [-0.2, 0) is 12.8 Å². The molecule has 1 saturated heterocycles. The zero-order chi connectivity index (χ0) is 21.6. The van der Waals surface area contributed by atoms with Crippen molar-refractivity contribution in [3.8, 4) is 0 Å². The lowest BCUT2D eigenvalue weighted by Gasteiger charge is -2.30. The second kappa shape index (κ2) is 14.0. The van der Waals surface area contributed by atoms with Gasteiger partial charge in [-0.1, -0.05) is 50.4 Å². The van der Waals surface area contributed by atoms with Gasteiger partial charge in [-0.05, 0) is 75.3 Å². The monoisotopic (exact) mass is 409 g/mol. The number of nitrogens with one attached hydrogen (secondary N) is 2. The molecule has 2 rings (SSSR count). The first-order chi connectivity index (χ1) is 14.6. The molecule has 0 radical (unpaired) electrons. The number of hydrogen-bond donors (Lipinski definition) is 2. The van der Waals surface area contributed by atoms with Crippen molar-refractivity contribution < 1.29 is 0 Å². The Morgan fingerprint density at radius 3 is 2.10 bits per heavy atom. The van der Waals surface area contributed by atoms with E-state index in [4.69, 9.17) is 0 Å². The Morgan fingerprint density at radius 1 is 0.833 bits per heavy atom. The van der Waals surface area contributed by atoms with Crippen molar-refractivity contribution in [2.45, 2.75) is 70.6 Å². The normalized spacial score (nSPS) is 13.7. The van der Waals surface area contributed by atoms with E-state index in [9.17, 15) is 0 Å². The van der Waals surface area contributed by atoms with Gasteiger partial charge in [0.15, 0.2) is 0 Å². The van der Waals surface area contributed by atoms with Crippen molar-refractivity contribution in [2.24, 2.45) is 0 Å². The highest BCUT2D eigenvalue weighted by Crippen LogP contribution is 2.20. The summed E-state index contributed by atoms with van der Waals surface area (Å²) in [6, 6.07) is 8.99. The standard InChI is InChI=1S/C27H43N3/c1-23(30-21-13-6-14-22-30)15-7-5-8-16-26-17-9-10-18-27(26)19-11-12-20-29-25(3)24(2)28-4/h9-10,17-18,28-29H,1-3,5-8,11-16,19-22H2,4H3. The van der Waals surface area contributed by atoms with E-state index in [2.05, 4.69) is 59.5 Å². The van der Waals surface area contributed by atoms with Crippen molar-refractivity contribution in [3.05, 3.63) is 72.2 Å². The van der Waals surface area contributed by atoms with Gasteiger partial charge in [-0.2, -0.15) is 0 Å². The Labute approximate surface area is 185 Å². The number of rotatable bonds is 15. The molecule has 0 aromatic heterocycles. The second-order valence-electron chi connectivity index (χ2n) is 8.53. The van der Waals surface area contributed by atoms with Gasteiger partial charge in [0.2, 0.25) is 0 Å². The summed E-state index contributed by atoms with van der Waals surface area (Å²) in [5.74, 6) is 0. The first-order valence-corrected chi connectivity index (χ1v) is 11.9. The molecule has 0 saturated carbocycles. The molecule has 0 spiro atoms. The van der Waals surface area contributed by atoms with Crippen LogP contribution >= 0.6 is 0 Å². The lowest BCUT2D eigenvalue weighted by Crippen LogP contribution is -2.28. The Bertz CT molecular complexity index is 670. The lowest BCUT2D eigenvalue weighted by atomic mass is 9.97. The minimum atomic E-state index is 0.861. The molecular formula is C27H43N3. The summed E-state index contributed by atoms with van der Waals surface area (Å²) in [6.45, 7) is 15.6. The molecule has 0 aliphatic carbocycles. The Kier molecular flexibility index (Phi) is 11.2. The maximum absolute atomic E-state index is 4.33. The summed E-state index contributed by atoms with van der Waals surface area (Å²) < 4.78 is 0. The molecule has 1 aromatic rings. The first-order valence-electron chi connectivity index (χ1n) is 11.9. The van der Waals surface area contributed by atoms with Crippen molar-refractivity contribution in [1.82, 2.24) is 15.5 Å². The average molecular weight is 410 g/mol. The van der Waals surface area contributed by atoms with Crippen LogP contribution in [0.2, 0.25) is 0 Å². The highest BCUT2D eigenvalue weighted by atomic mass is 15.1. The molecule has 3 heteroatoms. The van der Waals surface area contributed by atoms with Gasteiger partial charge in [0, 0.05) is 43.8 Å². The van der Waals surface area contributed by atoms with Crippen molar-refractivity contribution in [3.63, 3.8) is 0 Å². The predicted molar refractivity (Wildman–Crippen MR) is 131 cm³/mol. The van der Waals surface area contributed by atoms with Gasteiger partial charge in [0.1, 0.15) is 0 Å². The van der Waals surface area contributed by atoms with E-state index < -0.39 is 0 Å². The van der Waals surface area contributed by atoms with Crippen LogP contribution in [-0.4, -0.2) is 31.6 Å². The molecule has 166 valence electrons. The third-order valence-electron chi connectivity index (χ3n) is 6.21. The van der Waals surface area contributed by atoms with Crippen LogP contribution in [0.5, 0.6) is 0 Å². The molecule has 1 aromatic carbocycles. The summed E-state index contributed by atoms with van der Waals surface area (Å²) in [4.78, 5) is 2.51. The van der Waals surface area contributed by atoms with Crippen LogP contribution in [0.15, 0.2) is 61.1 Å². The summed E-state index contributed by atoms with van der Waals surface area (Å²) in [5.41, 5.74) is 6.17. The third kappa shape index (κ3) is 8.69. The van der Waals surface area contributed by atoms with Gasteiger partial charge in [-0.15, -0.1) is 0 Å². The topological polar surface area (TPSA) is 27.3 Å². The smallest absolute Gasteiger partial charge is 0.0496 e. The number of nitrogens with zero attached hydrogens (tertiary/aromatic N) is 1. The van der Waals surface area contributed by atoms with Crippen molar-refractivity contribution in [2.75, 3.05) is 26.7 Å². The number of hydrogen-bond acceptors (Lipinski definition) is 3. The molecule has 2 N–H and O–H groups in total. The maximum atomic E-state index is 4.33. The van der Waals surface area contributed by atoms with E-state index in [1.165, 1.54) is 87.7 Å². The molecule has 1 fully saturated rings. The lowest BCUT2D eigenvalue weighted by molar-refractivity contribution is 0.276. The van der Waals surface area contributed by atoms with Gasteiger partial charge >= 0.3 is 0 Å². The summed E-state index contributed by atoms with van der Waals surface area (Å²) in [6.07, 6.45) is 13.8. The van der Waals surface area contributed by atoms with Crippen LogP contribution in [0.25, 0.3) is 0 Å². The third-order valence-corrected chi connectivity index (χ3v) is 6.21. The number of aryl methyl sites for hydroxylation is 2. The predicted octanol–water partition coefficient (Wildman–Crippen LogP) is 5.95. The molecule has 0 atom stereocenters. The minimum absolute atomic E-state index is 0.861. The quantitative estimate of drug-likeness (QED) is 0.277. The highest BCUT2D eigenvalue weighted by molar-refractivity contribution is 5.27. The SMILES string of the molecule is C=C(NC)C(=C)NCCCCc1ccccc1CCCCCC(=C)N1CCCCC1. The van der Waals surface area contributed by atoms with Crippen LogP contribution in [0.3, 0.4) is 0 Å². The van der Waals surface area contributed by atoms with Gasteiger partial charge in [0.05, 0.1) is 0 Å². The Morgan fingerprint density at radius 2 is 1.47 bits per heavy atom. The van der Waals surface area contributed by atoms with E-state index in [0.717, 1.165) is 30.8 Å². The first kappa shape index (κ1) is 24.1. The maximum Gasteiger partial charge on any atom is 0.0496 e. The minimum Gasteiger partial charge on any atom is -0.387 e. The van der Waals surface area contributed by atoms with E-state index in [-0.39, 0.29) is 0 Å². The summed E-state index contributed by atoms with van der Waals surface area (Å²) >= 11 is 0. The second-order valence-corrected chi connectivity index (χ2v) is 8.53. The number of unbranched alkanes of at least 4 members (excludes halogenated alkanes) is 3. The summed E-state index contributed by atoms with van der Waals surface area (Å²) in [7, 11) is 1.87. The number of piperidine rings is 1. The van der Waals surface area contributed by atoms with Gasteiger partial charge in [-0.25, -0.2) is 0 Å². The van der Waals surface area contributed by atoms with Gasteiger partial charge < -0.3 is 15.5 Å². The van der Waals surface area contributed by atoms with Gasteiger partial charge in [-0.3, -0.25) is 0 Å². The zero-order valence-electron chi connectivity index (χ0n) is 19.3. The molecule has 30 heavy (non-hydrogen) atoms. The van der Waals surface area contributed by atoms with Crippen LogP contribution < -0.4 is 10.6 Å². The molecular weight excluding hydrogens is 366 g/mol. The van der Waals surface area contributed by atoms with Gasteiger partial charge in [0.25, 0.3) is 0 Å². The number of benzene rings is 1. The van der Waals surface area contributed by atoms with E-state index >= 15 is 0 Å². The van der Waals surface area contributed by atoms with Crippen LogP contribution in [0.1, 0.15) is 68.9 Å². The largest absolute Gasteiger partial charge is 0.387 e. The van der Waals surface area contributed by atoms with Crippen molar-refractivity contribution in [1.29, 1.82) is 0 Å².